The number of benzene rings is 4. The fourth-order valence-corrected chi connectivity index (χ4v) is 7.44. The Morgan fingerprint density at radius 2 is 1.43 bits per heavy atom. The summed E-state index contributed by atoms with van der Waals surface area (Å²) in [4.78, 5) is 30.0. The first kappa shape index (κ1) is 35.5. The number of amides is 2. The van der Waals surface area contributed by atoms with Gasteiger partial charge in [-0.1, -0.05) is 61.7 Å². The number of carbonyl (C=O) groups is 2. The zero-order chi connectivity index (χ0) is 34.8. The third-order valence-corrected chi connectivity index (χ3v) is 10.4. The summed E-state index contributed by atoms with van der Waals surface area (Å²) in [7, 11) is -4.38. The summed E-state index contributed by atoms with van der Waals surface area (Å²) in [5.41, 5.74) is 1.43. The molecule has 49 heavy (non-hydrogen) atoms. The predicted molar refractivity (Wildman–Crippen MR) is 184 cm³/mol. The van der Waals surface area contributed by atoms with E-state index >= 15 is 0 Å². The summed E-state index contributed by atoms with van der Waals surface area (Å²) in [5, 5.41) is 3.15. The molecule has 258 valence electrons. The molecule has 0 spiro atoms. The maximum atomic E-state index is 14.6. The van der Waals surface area contributed by atoms with Gasteiger partial charge in [0.25, 0.3) is 10.0 Å². The summed E-state index contributed by atoms with van der Waals surface area (Å²) in [6.45, 7) is 1.43. The van der Waals surface area contributed by atoms with E-state index in [2.05, 4.69) is 5.32 Å². The van der Waals surface area contributed by atoms with E-state index in [-0.39, 0.29) is 35.5 Å². The lowest BCUT2D eigenvalue weighted by atomic mass is 9.94. The fourth-order valence-electron chi connectivity index (χ4n) is 6.02. The lowest BCUT2D eigenvalue weighted by Gasteiger charge is -2.35. The molecule has 8 nitrogen and oxygen atoms in total. The molecule has 4 aromatic rings. The van der Waals surface area contributed by atoms with E-state index in [0.717, 1.165) is 54.1 Å². The molecule has 0 aromatic heterocycles. The van der Waals surface area contributed by atoms with Gasteiger partial charge in [0.2, 0.25) is 11.8 Å². The number of carbonyl (C=O) groups excluding carboxylic acids is 2. The molecule has 0 radical (unpaired) electrons. The van der Waals surface area contributed by atoms with Crippen molar-refractivity contribution < 1.29 is 31.5 Å². The molecule has 4 aromatic carbocycles. The molecule has 2 amide bonds. The van der Waals surface area contributed by atoms with Gasteiger partial charge in [-0.25, -0.2) is 17.2 Å². The molecule has 5 rings (SSSR count). The molecule has 1 fully saturated rings. The normalized spacial score (nSPS) is 14.1. The molecule has 0 saturated heterocycles. The van der Waals surface area contributed by atoms with Crippen molar-refractivity contribution in [2.45, 2.75) is 69.0 Å². The number of halogens is 2. The van der Waals surface area contributed by atoms with Crippen LogP contribution in [0.25, 0.3) is 0 Å². The second-order valence-corrected chi connectivity index (χ2v) is 14.0. The van der Waals surface area contributed by atoms with Crippen molar-refractivity contribution in [1.29, 1.82) is 0 Å². The predicted octanol–water partition coefficient (Wildman–Crippen LogP) is 6.65. The Hall–Kier alpha value is -4.77. The Morgan fingerprint density at radius 1 is 0.816 bits per heavy atom. The SMILES string of the molecule is CCOc1ccc(S(=O)(=O)N(CC(=O)N(Cc2ccc(F)cc2)C(Cc2ccccc2)C(=O)NC2CCCCC2)c2ccc(F)cc2)cc1. The Labute approximate surface area is 286 Å². The van der Waals surface area contributed by atoms with E-state index in [4.69, 9.17) is 4.74 Å². The summed E-state index contributed by atoms with van der Waals surface area (Å²) >= 11 is 0. The highest BCUT2D eigenvalue weighted by Crippen LogP contribution is 2.27. The summed E-state index contributed by atoms with van der Waals surface area (Å²) in [6.07, 6.45) is 4.89. The number of nitrogens with zero attached hydrogens (tertiary/aromatic N) is 2. The van der Waals surface area contributed by atoms with Crippen LogP contribution in [0.15, 0.2) is 108 Å². The highest BCUT2D eigenvalue weighted by molar-refractivity contribution is 7.92. The number of anilines is 1. The van der Waals surface area contributed by atoms with Crippen LogP contribution in [0.3, 0.4) is 0 Å². The molecular weight excluding hydrogens is 648 g/mol. The Morgan fingerprint density at radius 3 is 2.04 bits per heavy atom. The standard InChI is InChI=1S/C38H41F2N3O5S/c1-2-48-34-21-23-35(24-22-34)49(46,47)43(33-19-17-31(40)18-20-33)27-37(44)42(26-29-13-15-30(39)16-14-29)36(25-28-9-5-3-6-10-28)38(45)41-32-11-7-4-8-12-32/h3,5-6,9-10,13-24,32,36H,2,4,7-8,11-12,25-27H2,1H3,(H,41,45). The molecule has 1 aliphatic rings. The van der Waals surface area contributed by atoms with E-state index in [0.29, 0.717) is 17.9 Å². The second kappa shape index (κ2) is 16.6. The van der Waals surface area contributed by atoms with Crippen LogP contribution in [0, 0.1) is 11.6 Å². The maximum Gasteiger partial charge on any atom is 0.264 e. The zero-order valence-corrected chi connectivity index (χ0v) is 28.2. The molecule has 1 aliphatic carbocycles. The lowest BCUT2D eigenvalue weighted by Crippen LogP contribution is -2.55. The van der Waals surface area contributed by atoms with Gasteiger partial charge in [0.15, 0.2) is 0 Å². The van der Waals surface area contributed by atoms with Gasteiger partial charge < -0.3 is 15.0 Å². The van der Waals surface area contributed by atoms with Gasteiger partial charge in [-0.15, -0.1) is 0 Å². The van der Waals surface area contributed by atoms with Gasteiger partial charge in [0.05, 0.1) is 17.2 Å². The Kier molecular flexibility index (Phi) is 12.0. The van der Waals surface area contributed by atoms with Gasteiger partial charge >= 0.3 is 0 Å². The largest absolute Gasteiger partial charge is 0.494 e. The van der Waals surface area contributed by atoms with Crippen molar-refractivity contribution in [3.8, 4) is 5.75 Å². The Balaban J connectivity index is 1.55. The number of hydrogen-bond acceptors (Lipinski definition) is 5. The van der Waals surface area contributed by atoms with Crippen LogP contribution >= 0.6 is 0 Å². The average molecular weight is 690 g/mol. The van der Waals surface area contributed by atoms with Crippen molar-refractivity contribution in [3.05, 3.63) is 126 Å². The number of sulfonamides is 1. The Bertz CT molecular complexity index is 1780. The van der Waals surface area contributed by atoms with Crippen molar-refractivity contribution in [3.63, 3.8) is 0 Å². The number of hydrogen-bond donors (Lipinski definition) is 1. The summed E-state index contributed by atoms with van der Waals surface area (Å²) in [6, 6.07) is 24.4. The fraction of sp³-hybridized carbons (Fsp3) is 0.316. The van der Waals surface area contributed by atoms with Crippen molar-refractivity contribution in [2.75, 3.05) is 17.5 Å². The van der Waals surface area contributed by atoms with Crippen LogP contribution in [-0.4, -0.2) is 50.4 Å². The molecule has 0 aliphatic heterocycles. The minimum absolute atomic E-state index is 0.0435. The second-order valence-electron chi connectivity index (χ2n) is 12.1. The van der Waals surface area contributed by atoms with Gasteiger partial charge in [0.1, 0.15) is 30.0 Å². The third kappa shape index (κ3) is 9.44. The van der Waals surface area contributed by atoms with Crippen molar-refractivity contribution in [1.82, 2.24) is 10.2 Å². The minimum atomic E-state index is -4.38. The van der Waals surface area contributed by atoms with E-state index in [9.17, 15) is 26.8 Å². The molecular formula is C38H41F2N3O5S. The van der Waals surface area contributed by atoms with Crippen LogP contribution in [0.1, 0.15) is 50.2 Å². The van der Waals surface area contributed by atoms with E-state index < -0.39 is 40.2 Å². The highest BCUT2D eigenvalue weighted by Gasteiger charge is 2.35. The number of nitrogens with one attached hydrogen (secondary N) is 1. The van der Waals surface area contributed by atoms with E-state index in [1.54, 1.807) is 0 Å². The van der Waals surface area contributed by atoms with Crippen molar-refractivity contribution in [2.24, 2.45) is 0 Å². The van der Waals surface area contributed by atoms with Crippen LogP contribution in [0.2, 0.25) is 0 Å². The van der Waals surface area contributed by atoms with Gasteiger partial charge in [-0.2, -0.15) is 0 Å². The van der Waals surface area contributed by atoms with E-state index in [1.165, 1.54) is 65.6 Å². The molecule has 1 unspecified atom stereocenters. The zero-order valence-electron chi connectivity index (χ0n) is 27.4. The highest BCUT2D eigenvalue weighted by atomic mass is 32.2. The summed E-state index contributed by atoms with van der Waals surface area (Å²) < 4.78 is 62.7. The smallest absolute Gasteiger partial charge is 0.264 e. The lowest BCUT2D eigenvalue weighted by molar-refractivity contribution is -0.140. The van der Waals surface area contributed by atoms with Gasteiger partial charge in [0, 0.05) is 19.0 Å². The minimum Gasteiger partial charge on any atom is -0.494 e. The maximum absolute atomic E-state index is 14.6. The quantitative estimate of drug-likeness (QED) is 0.160. The van der Waals surface area contributed by atoms with E-state index in [1.807, 2.05) is 37.3 Å². The van der Waals surface area contributed by atoms with Crippen LogP contribution in [-0.2, 0) is 32.6 Å². The first-order chi connectivity index (χ1) is 23.6. The first-order valence-electron chi connectivity index (χ1n) is 16.5. The van der Waals surface area contributed by atoms with Crippen LogP contribution in [0.5, 0.6) is 5.75 Å². The molecule has 11 heteroatoms. The molecule has 0 heterocycles. The van der Waals surface area contributed by atoms with Crippen LogP contribution in [0.4, 0.5) is 14.5 Å². The first-order valence-corrected chi connectivity index (χ1v) is 18.0. The number of rotatable bonds is 14. The van der Waals surface area contributed by atoms with Crippen molar-refractivity contribution >= 4 is 27.5 Å². The van der Waals surface area contributed by atoms with Crippen LogP contribution < -0.4 is 14.4 Å². The molecule has 0 bridgehead atoms. The van der Waals surface area contributed by atoms with Gasteiger partial charge in [-0.05, 0) is 91.6 Å². The topological polar surface area (TPSA) is 96.0 Å². The average Bonchev–Trinajstić information content (AvgIpc) is 3.11. The van der Waals surface area contributed by atoms with Gasteiger partial charge in [-0.3, -0.25) is 13.9 Å². The molecule has 1 saturated carbocycles. The third-order valence-electron chi connectivity index (χ3n) is 8.61. The molecule has 1 N–H and O–H groups in total. The monoisotopic (exact) mass is 689 g/mol. The summed E-state index contributed by atoms with van der Waals surface area (Å²) in [5.74, 6) is -1.57. The molecule has 1 atom stereocenters. The number of ether oxygens (including phenoxy) is 1.